The Bertz CT molecular complexity index is 1720. The van der Waals surface area contributed by atoms with Gasteiger partial charge in [-0.1, -0.05) is 60.1 Å². The molecule has 0 spiro atoms. The van der Waals surface area contributed by atoms with E-state index in [2.05, 4.69) is 54.5 Å². The summed E-state index contributed by atoms with van der Waals surface area (Å²) >= 11 is 0. The first-order valence-corrected chi connectivity index (χ1v) is 23.6. The van der Waals surface area contributed by atoms with Crippen LogP contribution in [-0.2, 0) is 33.2 Å². The fourth-order valence-electron chi connectivity index (χ4n) is 14.8. The van der Waals surface area contributed by atoms with Crippen LogP contribution in [0.1, 0.15) is 120 Å². The Kier molecular flexibility index (Phi) is 12.8. The first kappa shape index (κ1) is 48.1. The van der Waals surface area contributed by atoms with Crippen molar-refractivity contribution in [3.8, 4) is 0 Å². The van der Waals surface area contributed by atoms with Crippen molar-refractivity contribution in [3.63, 3.8) is 0 Å². The normalized spacial score (nSPS) is 54.1. The molecule has 0 amide bonds. The third-order valence-corrected chi connectivity index (χ3v) is 18.9. The number of fused-ring (bicyclic) bond motifs is 7. The van der Waals surface area contributed by atoms with E-state index in [1.165, 1.54) is 12.5 Å². The van der Waals surface area contributed by atoms with Gasteiger partial charge < -0.3 is 74.4 Å². The van der Waals surface area contributed by atoms with Crippen LogP contribution in [0.2, 0.25) is 0 Å². The molecule has 0 aromatic heterocycles. The number of aliphatic carboxylic acids is 1. The summed E-state index contributed by atoms with van der Waals surface area (Å²) < 4.78 is 36.3. The minimum absolute atomic E-state index is 0.0278. The molecular weight excluding hydrogens is 821 g/mol. The Balaban J connectivity index is 0.999. The molecule has 7 fully saturated rings. The minimum Gasteiger partial charge on any atom is -0.481 e. The predicted octanol–water partition coefficient (Wildman–Crippen LogP) is 2.37. The monoisotopic (exact) mass is 897 g/mol. The average Bonchev–Trinajstić information content (AvgIpc) is 3.21. The Morgan fingerprint density at radius 1 is 0.714 bits per heavy atom. The van der Waals surface area contributed by atoms with E-state index in [-0.39, 0.29) is 51.6 Å². The number of rotatable bonds is 8. The van der Waals surface area contributed by atoms with E-state index in [1.54, 1.807) is 0 Å². The largest absolute Gasteiger partial charge is 0.481 e. The fraction of sp³-hybridized carbons (Fsp3) is 0.936. The van der Waals surface area contributed by atoms with Crippen LogP contribution in [0.15, 0.2) is 11.6 Å². The number of ether oxygens (including phenoxy) is 6. The third-order valence-electron chi connectivity index (χ3n) is 18.9. The van der Waals surface area contributed by atoms with Gasteiger partial charge in [-0.15, -0.1) is 0 Å². The second-order valence-corrected chi connectivity index (χ2v) is 23.0. The van der Waals surface area contributed by atoms with Gasteiger partial charge in [0.1, 0.15) is 61.0 Å². The van der Waals surface area contributed by atoms with Crippen LogP contribution in [0.25, 0.3) is 0 Å². The van der Waals surface area contributed by atoms with Gasteiger partial charge in [-0.3, -0.25) is 4.79 Å². The predicted molar refractivity (Wildman–Crippen MR) is 223 cm³/mol. The molecule has 0 radical (unpaired) electrons. The summed E-state index contributed by atoms with van der Waals surface area (Å²) in [6, 6.07) is 0. The van der Waals surface area contributed by atoms with E-state index in [0.29, 0.717) is 18.8 Å². The summed E-state index contributed by atoms with van der Waals surface area (Å²) in [6.07, 6.45) is -10.3. The van der Waals surface area contributed by atoms with Gasteiger partial charge in [-0.2, -0.15) is 0 Å². The third kappa shape index (κ3) is 7.51. The molecule has 3 heterocycles. The zero-order valence-corrected chi connectivity index (χ0v) is 38.3. The van der Waals surface area contributed by atoms with Gasteiger partial charge in [0, 0.05) is 0 Å². The second-order valence-electron chi connectivity index (χ2n) is 23.0. The molecule has 16 nitrogen and oxygen atoms in total. The van der Waals surface area contributed by atoms with Crippen molar-refractivity contribution >= 4 is 5.97 Å². The molecule has 0 unspecified atom stereocenters. The number of carbonyl (C=O) groups is 1. The lowest BCUT2D eigenvalue weighted by molar-refractivity contribution is -0.382. The SMILES string of the molecule is C[C@@H]1O[C@H](O[C@@H]2[C@H](O[C@@H]3CC[C@@]4(C)[C@H](CC[C@]5(C)[C@@H]4CC=C4[C@H]6CC(C)(C)CC[C@]6(C(=O)O)CC[C@@]45C)C3(C)C)OC[C@H](O)[C@@H]2O)[C@H](O)[C@@H](O[C@H]2O[C@@H](CO)[C@H](O)[C@@H](O)[C@@H]2O)[C@@H]1O. The lowest BCUT2D eigenvalue weighted by Crippen LogP contribution is -2.66. The summed E-state index contributed by atoms with van der Waals surface area (Å²) in [4.78, 5) is 13.1. The first-order chi connectivity index (χ1) is 29.4. The van der Waals surface area contributed by atoms with Crippen molar-refractivity contribution < 1.29 is 79.2 Å². The van der Waals surface area contributed by atoms with Crippen molar-refractivity contribution in [2.45, 2.75) is 212 Å². The second kappa shape index (κ2) is 16.7. The number of aliphatic hydroxyl groups is 8. The maximum Gasteiger partial charge on any atom is 0.310 e. The highest BCUT2D eigenvalue weighted by Crippen LogP contribution is 2.76. The Labute approximate surface area is 371 Å². The highest BCUT2D eigenvalue weighted by molar-refractivity contribution is 5.76. The summed E-state index contributed by atoms with van der Waals surface area (Å²) in [7, 11) is 0. The number of hydrogen-bond acceptors (Lipinski definition) is 15. The van der Waals surface area contributed by atoms with Crippen molar-refractivity contribution in [3.05, 3.63) is 11.6 Å². The van der Waals surface area contributed by atoms with Crippen molar-refractivity contribution in [2.75, 3.05) is 13.2 Å². The van der Waals surface area contributed by atoms with Crippen LogP contribution in [0.3, 0.4) is 0 Å². The molecule has 360 valence electrons. The number of carboxylic acids is 1. The van der Waals surface area contributed by atoms with Crippen LogP contribution in [0.4, 0.5) is 0 Å². The molecule has 16 heteroatoms. The van der Waals surface area contributed by atoms with Gasteiger partial charge in [0.25, 0.3) is 0 Å². The lowest BCUT2D eigenvalue weighted by atomic mass is 9.33. The zero-order chi connectivity index (χ0) is 46.0. The van der Waals surface area contributed by atoms with Crippen LogP contribution in [0, 0.1) is 50.2 Å². The van der Waals surface area contributed by atoms with E-state index in [0.717, 1.165) is 51.4 Å². The highest BCUT2D eigenvalue weighted by atomic mass is 16.8. The van der Waals surface area contributed by atoms with Crippen molar-refractivity contribution in [2.24, 2.45) is 50.2 Å². The van der Waals surface area contributed by atoms with Gasteiger partial charge in [0.2, 0.25) is 0 Å². The van der Waals surface area contributed by atoms with Crippen molar-refractivity contribution in [1.29, 1.82) is 0 Å². The van der Waals surface area contributed by atoms with E-state index in [9.17, 15) is 50.8 Å². The Morgan fingerprint density at radius 2 is 1.38 bits per heavy atom. The topological polar surface area (TPSA) is 255 Å². The molecule has 0 bridgehead atoms. The maximum atomic E-state index is 13.1. The van der Waals surface area contributed by atoms with Gasteiger partial charge in [0.15, 0.2) is 18.9 Å². The summed E-state index contributed by atoms with van der Waals surface area (Å²) in [5.74, 6) is 0.0213. The van der Waals surface area contributed by atoms with E-state index in [1.807, 2.05) is 0 Å². The van der Waals surface area contributed by atoms with Gasteiger partial charge in [-0.05, 0) is 116 Å². The quantitative estimate of drug-likeness (QED) is 0.125. The van der Waals surface area contributed by atoms with E-state index in [4.69, 9.17) is 28.4 Å². The Morgan fingerprint density at radius 3 is 2.06 bits per heavy atom. The first-order valence-electron chi connectivity index (χ1n) is 23.6. The Hall–Kier alpha value is -1.35. The van der Waals surface area contributed by atoms with E-state index >= 15 is 0 Å². The smallest absolute Gasteiger partial charge is 0.310 e. The molecule has 5 aliphatic carbocycles. The fourth-order valence-corrected chi connectivity index (χ4v) is 14.8. The number of carboxylic acid groups (broad SMARTS) is 1. The minimum atomic E-state index is -1.80. The summed E-state index contributed by atoms with van der Waals surface area (Å²) in [6.45, 7) is 17.0. The molecule has 8 aliphatic rings. The summed E-state index contributed by atoms with van der Waals surface area (Å²) in [5, 5.41) is 96.4. The van der Waals surface area contributed by atoms with Gasteiger partial charge >= 0.3 is 5.97 Å². The van der Waals surface area contributed by atoms with Crippen LogP contribution >= 0.6 is 0 Å². The summed E-state index contributed by atoms with van der Waals surface area (Å²) in [5.41, 5.74) is 0.208. The standard InChI is InChI=1S/C47H76O16/c1-22-30(50)36(62-38-34(54)33(53)32(52)26(20-48)60-38)35(55)39(59-22)63-37-31(51)25(49)21-58-40(37)61-29-12-13-44(6)27(43(29,4)5)11-14-46(8)28(44)10-9-23-24-19-42(2,3)15-17-47(24,41(56)57)18-16-45(23,46)7/h9,22,24-40,48-55H,10-21H2,1-8H3,(H,56,57)/t22-,24+,25-,26-,27+,28+,29+,30+,31-,32-,33+,34-,35+,36-,37-,38+,39+,40-,44-,45-,46+,47-/m0/s1. The number of allylic oxidation sites excluding steroid dienone is 2. The van der Waals surface area contributed by atoms with Crippen molar-refractivity contribution in [1.82, 2.24) is 0 Å². The van der Waals surface area contributed by atoms with Crippen LogP contribution < -0.4 is 0 Å². The van der Waals surface area contributed by atoms with Gasteiger partial charge in [-0.25, -0.2) is 0 Å². The average molecular weight is 897 g/mol. The number of aliphatic hydroxyl groups excluding tert-OH is 8. The van der Waals surface area contributed by atoms with E-state index < -0.39 is 104 Å². The molecule has 8 rings (SSSR count). The zero-order valence-electron chi connectivity index (χ0n) is 38.3. The maximum absolute atomic E-state index is 13.1. The van der Waals surface area contributed by atoms with Gasteiger partial charge in [0.05, 0.1) is 30.8 Å². The molecule has 3 aliphatic heterocycles. The molecule has 0 aromatic carbocycles. The molecular formula is C47H76O16. The molecule has 9 N–H and O–H groups in total. The van der Waals surface area contributed by atoms with Crippen LogP contribution in [-0.4, -0.2) is 157 Å². The lowest BCUT2D eigenvalue weighted by Gasteiger charge is -2.71. The molecule has 3 saturated heterocycles. The molecule has 0 aromatic rings. The molecule has 22 atom stereocenters. The number of hydrogen-bond donors (Lipinski definition) is 9. The highest BCUT2D eigenvalue weighted by Gasteiger charge is 2.70. The van der Waals surface area contributed by atoms with Crippen LogP contribution in [0.5, 0.6) is 0 Å². The molecule has 63 heavy (non-hydrogen) atoms. The molecule has 4 saturated carbocycles.